The van der Waals surface area contributed by atoms with E-state index in [1.807, 2.05) is 0 Å². The van der Waals surface area contributed by atoms with Crippen LogP contribution in [0, 0.1) is 0 Å². The first-order valence-corrected chi connectivity index (χ1v) is 4.07. The Labute approximate surface area is 80.4 Å². The highest BCUT2D eigenvalue weighted by atomic mass is 19.4. The molecule has 1 aromatic heterocycles. The van der Waals surface area contributed by atoms with E-state index in [1.165, 1.54) is 12.3 Å². The summed E-state index contributed by atoms with van der Waals surface area (Å²) >= 11 is 0. The van der Waals surface area contributed by atoms with Crippen LogP contribution in [0.25, 0.3) is 0 Å². The summed E-state index contributed by atoms with van der Waals surface area (Å²) in [5, 5.41) is 0. The molecular weight excluding hydrogens is 193 g/mol. The summed E-state index contributed by atoms with van der Waals surface area (Å²) in [6.45, 7) is 0. The predicted molar refractivity (Wildman–Crippen MR) is 48.3 cm³/mol. The molecule has 0 saturated carbocycles. The zero-order valence-corrected chi connectivity index (χ0v) is 7.97. The van der Waals surface area contributed by atoms with E-state index in [4.69, 9.17) is 0 Å². The van der Waals surface area contributed by atoms with E-state index in [0.29, 0.717) is 5.82 Å². The van der Waals surface area contributed by atoms with Crippen molar-refractivity contribution in [1.29, 1.82) is 0 Å². The number of pyridine rings is 1. The number of hydrogen-bond donors (Lipinski definition) is 0. The van der Waals surface area contributed by atoms with Crippen molar-refractivity contribution in [3.8, 4) is 0 Å². The van der Waals surface area contributed by atoms with Crippen LogP contribution in [0.2, 0.25) is 0 Å². The Morgan fingerprint density at radius 1 is 1.29 bits per heavy atom. The fourth-order valence-electron chi connectivity index (χ4n) is 1.02. The molecule has 5 heteroatoms. The maximum atomic E-state index is 12.0. The van der Waals surface area contributed by atoms with Crippen molar-refractivity contribution >= 4 is 5.82 Å². The third-order valence-electron chi connectivity index (χ3n) is 1.67. The highest BCUT2D eigenvalue weighted by Gasteiger charge is 2.27. The summed E-state index contributed by atoms with van der Waals surface area (Å²) < 4.78 is 35.9. The lowest BCUT2D eigenvalue weighted by Gasteiger charge is -2.11. The third-order valence-corrected chi connectivity index (χ3v) is 1.67. The van der Waals surface area contributed by atoms with Crippen LogP contribution in [0.3, 0.4) is 0 Å². The molecule has 1 aromatic rings. The van der Waals surface area contributed by atoms with Crippen molar-refractivity contribution in [3.63, 3.8) is 0 Å². The lowest BCUT2D eigenvalue weighted by molar-refractivity contribution is -0.127. The van der Waals surface area contributed by atoms with E-state index in [0.717, 1.165) is 0 Å². The van der Waals surface area contributed by atoms with Crippen molar-refractivity contribution in [2.24, 2.45) is 0 Å². The number of aromatic nitrogens is 1. The van der Waals surface area contributed by atoms with Gasteiger partial charge in [-0.2, -0.15) is 13.2 Å². The number of alkyl halides is 3. The largest absolute Gasteiger partial charge is 0.393 e. The molecule has 0 atom stereocenters. The highest BCUT2D eigenvalue weighted by Crippen LogP contribution is 2.21. The van der Waals surface area contributed by atoms with Crippen molar-refractivity contribution in [1.82, 2.24) is 4.98 Å². The molecule has 0 N–H and O–H groups in total. The van der Waals surface area contributed by atoms with Gasteiger partial charge in [-0.3, -0.25) is 0 Å². The second-order valence-corrected chi connectivity index (χ2v) is 3.21. The van der Waals surface area contributed by atoms with Crippen molar-refractivity contribution < 1.29 is 13.2 Å². The molecule has 1 rings (SSSR count). The van der Waals surface area contributed by atoms with Gasteiger partial charge in [-0.15, -0.1) is 0 Å². The van der Waals surface area contributed by atoms with Crippen LogP contribution in [0.5, 0.6) is 0 Å². The van der Waals surface area contributed by atoms with Crippen LogP contribution in [-0.2, 0) is 6.42 Å². The molecule has 0 aliphatic carbocycles. The van der Waals surface area contributed by atoms with Crippen LogP contribution < -0.4 is 4.90 Å². The normalized spacial score (nSPS) is 11.5. The molecule has 0 aromatic carbocycles. The van der Waals surface area contributed by atoms with Gasteiger partial charge in [-0.05, 0) is 11.6 Å². The molecule has 0 bridgehead atoms. The Hall–Kier alpha value is -1.26. The van der Waals surface area contributed by atoms with E-state index in [9.17, 15) is 13.2 Å². The average Bonchev–Trinajstić information content (AvgIpc) is 2.02. The molecule has 2 nitrogen and oxygen atoms in total. The minimum absolute atomic E-state index is 0.183. The molecule has 0 radical (unpaired) electrons. The Kier molecular flexibility index (Phi) is 2.98. The molecule has 0 unspecified atom stereocenters. The Balaban J connectivity index is 2.74. The van der Waals surface area contributed by atoms with Gasteiger partial charge in [0.1, 0.15) is 5.82 Å². The molecule has 0 saturated heterocycles. The fraction of sp³-hybridized carbons (Fsp3) is 0.444. The number of hydrogen-bond acceptors (Lipinski definition) is 2. The standard InChI is InChI=1S/C9H11F3N2/c1-14(2)8-4-3-7(6-13-8)5-9(10,11)12/h3-4,6H,5H2,1-2H3. The summed E-state index contributed by atoms with van der Waals surface area (Å²) in [6.07, 6.45) is -3.84. The molecule has 0 amide bonds. The summed E-state index contributed by atoms with van der Waals surface area (Å²) in [4.78, 5) is 5.62. The maximum absolute atomic E-state index is 12.0. The van der Waals surface area contributed by atoms with E-state index in [2.05, 4.69) is 4.98 Å². The van der Waals surface area contributed by atoms with Crippen molar-refractivity contribution in [2.75, 3.05) is 19.0 Å². The van der Waals surface area contributed by atoms with Crippen LogP contribution in [0.15, 0.2) is 18.3 Å². The van der Waals surface area contributed by atoms with Gasteiger partial charge in [-0.25, -0.2) is 4.98 Å². The average molecular weight is 204 g/mol. The predicted octanol–water partition coefficient (Wildman–Crippen LogP) is 2.25. The molecule has 1 heterocycles. The van der Waals surface area contributed by atoms with Gasteiger partial charge in [0.15, 0.2) is 0 Å². The monoisotopic (exact) mass is 204 g/mol. The number of rotatable bonds is 2. The molecular formula is C9H11F3N2. The third kappa shape index (κ3) is 3.24. The summed E-state index contributed by atoms with van der Waals surface area (Å²) in [7, 11) is 3.57. The van der Waals surface area contributed by atoms with Gasteiger partial charge < -0.3 is 4.90 Å². The quantitative estimate of drug-likeness (QED) is 0.734. The number of anilines is 1. The number of nitrogens with zero attached hydrogens (tertiary/aromatic N) is 2. The Morgan fingerprint density at radius 2 is 1.93 bits per heavy atom. The van der Waals surface area contributed by atoms with Crippen LogP contribution in [0.4, 0.5) is 19.0 Å². The SMILES string of the molecule is CN(C)c1ccc(CC(F)(F)F)cn1. The summed E-state index contributed by atoms with van der Waals surface area (Å²) in [5.74, 6) is 0.649. The van der Waals surface area contributed by atoms with Crippen LogP contribution in [0.1, 0.15) is 5.56 Å². The second kappa shape index (κ2) is 3.86. The van der Waals surface area contributed by atoms with Crippen molar-refractivity contribution in [2.45, 2.75) is 12.6 Å². The van der Waals surface area contributed by atoms with Gasteiger partial charge in [0.2, 0.25) is 0 Å². The highest BCUT2D eigenvalue weighted by molar-refractivity contribution is 5.37. The molecule has 14 heavy (non-hydrogen) atoms. The second-order valence-electron chi connectivity index (χ2n) is 3.21. The molecule has 0 aliphatic heterocycles. The summed E-state index contributed by atoms with van der Waals surface area (Å²) in [5.41, 5.74) is 0.183. The lowest BCUT2D eigenvalue weighted by atomic mass is 10.2. The molecule has 0 aliphatic rings. The van der Waals surface area contributed by atoms with Crippen molar-refractivity contribution in [3.05, 3.63) is 23.9 Å². The van der Waals surface area contributed by atoms with Gasteiger partial charge in [0.05, 0.1) is 6.42 Å². The smallest absolute Gasteiger partial charge is 0.363 e. The van der Waals surface area contributed by atoms with Crippen LogP contribution in [-0.4, -0.2) is 25.3 Å². The Bertz CT molecular complexity index is 290. The molecule has 0 fully saturated rings. The first-order chi connectivity index (χ1) is 6.38. The van der Waals surface area contributed by atoms with E-state index in [1.54, 1.807) is 25.1 Å². The molecule has 0 spiro atoms. The lowest BCUT2D eigenvalue weighted by Crippen LogP contribution is -2.13. The topological polar surface area (TPSA) is 16.1 Å². The summed E-state index contributed by atoms with van der Waals surface area (Å²) in [6, 6.07) is 3.01. The first-order valence-electron chi connectivity index (χ1n) is 4.07. The minimum atomic E-state index is -4.17. The molecule has 78 valence electrons. The van der Waals surface area contributed by atoms with E-state index in [-0.39, 0.29) is 5.56 Å². The maximum Gasteiger partial charge on any atom is 0.393 e. The van der Waals surface area contributed by atoms with Gasteiger partial charge in [-0.1, -0.05) is 6.07 Å². The van der Waals surface area contributed by atoms with Gasteiger partial charge >= 0.3 is 6.18 Å². The van der Waals surface area contributed by atoms with E-state index < -0.39 is 12.6 Å². The first kappa shape index (κ1) is 10.8. The van der Waals surface area contributed by atoms with E-state index >= 15 is 0 Å². The van der Waals surface area contributed by atoms with Crippen LogP contribution >= 0.6 is 0 Å². The zero-order valence-electron chi connectivity index (χ0n) is 7.97. The fourth-order valence-corrected chi connectivity index (χ4v) is 1.02. The Morgan fingerprint density at radius 3 is 2.29 bits per heavy atom. The zero-order chi connectivity index (χ0) is 10.8. The number of halogens is 3. The van der Waals surface area contributed by atoms with Gasteiger partial charge in [0, 0.05) is 20.3 Å². The van der Waals surface area contributed by atoms with Gasteiger partial charge in [0.25, 0.3) is 0 Å². The minimum Gasteiger partial charge on any atom is -0.363 e.